The second kappa shape index (κ2) is 10.5. The zero-order valence-corrected chi connectivity index (χ0v) is 23.2. The van der Waals surface area contributed by atoms with E-state index in [2.05, 4.69) is 25.2 Å². The topological polar surface area (TPSA) is 61.9 Å². The van der Waals surface area contributed by atoms with Gasteiger partial charge in [0.25, 0.3) is 0 Å². The minimum absolute atomic E-state index is 0.0154. The lowest BCUT2D eigenvalue weighted by molar-refractivity contribution is -0.145. The van der Waals surface area contributed by atoms with Gasteiger partial charge in [0.15, 0.2) is 5.11 Å². The first-order valence-electron chi connectivity index (χ1n) is 13.8. The second-order valence-electron chi connectivity index (χ2n) is 11.7. The van der Waals surface area contributed by atoms with E-state index in [1.807, 2.05) is 30.7 Å². The predicted molar refractivity (Wildman–Crippen MR) is 143 cm³/mol. The molecule has 0 unspecified atom stereocenters. The monoisotopic (exact) mass is 503 g/mol. The highest BCUT2D eigenvalue weighted by atomic mass is 32.1. The van der Waals surface area contributed by atoms with Crippen LogP contribution in [0.1, 0.15) is 72.6 Å². The van der Waals surface area contributed by atoms with Crippen LogP contribution in [-0.2, 0) is 14.3 Å². The van der Waals surface area contributed by atoms with E-state index < -0.39 is 0 Å². The van der Waals surface area contributed by atoms with E-state index in [0.29, 0.717) is 55.2 Å². The van der Waals surface area contributed by atoms with E-state index in [0.717, 1.165) is 44.9 Å². The van der Waals surface area contributed by atoms with E-state index in [1.54, 1.807) is 6.08 Å². The highest BCUT2D eigenvalue weighted by Gasteiger charge is 2.61. The van der Waals surface area contributed by atoms with Crippen LogP contribution >= 0.6 is 12.2 Å². The molecule has 4 rings (SSSR count). The van der Waals surface area contributed by atoms with Crippen molar-refractivity contribution in [1.29, 1.82) is 0 Å². The van der Waals surface area contributed by atoms with Crippen molar-refractivity contribution in [2.45, 2.75) is 78.7 Å². The molecule has 1 aliphatic heterocycles. The van der Waals surface area contributed by atoms with Gasteiger partial charge in [-0.05, 0) is 100 Å². The van der Waals surface area contributed by atoms with E-state index >= 15 is 0 Å². The maximum Gasteiger partial charge on any atom is 0.246 e. The van der Waals surface area contributed by atoms with Gasteiger partial charge in [-0.2, -0.15) is 0 Å². The van der Waals surface area contributed by atoms with E-state index in [1.165, 1.54) is 0 Å². The molecule has 0 spiro atoms. The number of carbonyl (C=O) groups excluding carboxylic acids is 2. The second-order valence-corrected chi connectivity index (χ2v) is 12.1. The van der Waals surface area contributed by atoms with Crippen LogP contribution in [0, 0.1) is 34.5 Å². The lowest BCUT2D eigenvalue weighted by atomic mass is 9.47. The lowest BCUT2D eigenvalue weighted by Crippen LogP contribution is -2.60. The maximum absolute atomic E-state index is 14.0. The molecule has 1 N–H and O–H groups in total. The summed E-state index contributed by atoms with van der Waals surface area (Å²) in [5.74, 6) is 2.12. The summed E-state index contributed by atoms with van der Waals surface area (Å²) < 4.78 is 5.53. The molecule has 0 bridgehead atoms. The van der Waals surface area contributed by atoms with Crippen molar-refractivity contribution in [1.82, 2.24) is 15.1 Å². The average Bonchev–Trinajstić information content (AvgIpc) is 3.19. The minimum atomic E-state index is 0.0154. The molecule has 0 aromatic heterocycles. The number of likely N-dealkylation sites (N-methyl/N-ethyl adjacent to an activating group) is 1. The number of thiocarbonyl (C=S) groups is 1. The summed E-state index contributed by atoms with van der Waals surface area (Å²) in [5.41, 5.74) is 0.0501. The van der Waals surface area contributed by atoms with Gasteiger partial charge in [-0.3, -0.25) is 14.5 Å². The molecule has 3 fully saturated rings. The van der Waals surface area contributed by atoms with Crippen LogP contribution in [0.3, 0.4) is 0 Å². The van der Waals surface area contributed by atoms with E-state index in [-0.39, 0.29) is 28.6 Å². The summed E-state index contributed by atoms with van der Waals surface area (Å²) in [4.78, 5) is 30.2. The average molecular weight is 504 g/mol. The molecule has 3 saturated carbocycles. The van der Waals surface area contributed by atoms with Crippen molar-refractivity contribution in [3.63, 3.8) is 0 Å². The van der Waals surface area contributed by atoms with Gasteiger partial charge in [0.1, 0.15) is 0 Å². The quantitative estimate of drug-likeness (QED) is 0.412. The van der Waals surface area contributed by atoms with Gasteiger partial charge in [-0.15, -0.1) is 0 Å². The number of ether oxygens (including phenoxy) is 1. The predicted octanol–water partition coefficient (Wildman–Crippen LogP) is 4.39. The third-order valence-electron chi connectivity index (χ3n) is 10.1. The fourth-order valence-corrected chi connectivity index (χ4v) is 8.69. The Morgan fingerprint density at radius 1 is 1.20 bits per heavy atom. The number of amides is 2. The molecule has 3 aliphatic carbocycles. The van der Waals surface area contributed by atoms with Gasteiger partial charge in [0.2, 0.25) is 11.8 Å². The zero-order chi connectivity index (χ0) is 25.4. The first-order chi connectivity index (χ1) is 16.7. The summed E-state index contributed by atoms with van der Waals surface area (Å²) in [7, 11) is 1.97. The van der Waals surface area contributed by atoms with Gasteiger partial charge in [-0.1, -0.05) is 19.9 Å². The smallest absolute Gasteiger partial charge is 0.246 e. The molecular formula is C28H45N3O3S. The van der Waals surface area contributed by atoms with Crippen LogP contribution in [0.5, 0.6) is 0 Å². The van der Waals surface area contributed by atoms with Crippen LogP contribution in [0.25, 0.3) is 0 Å². The minimum Gasteiger partial charge on any atom is -0.382 e. The number of nitrogens with one attached hydrogen (secondary N) is 1. The fraction of sp³-hybridized carbons (Fsp3) is 0.821. The van der Waals surface area contributed by atoms with E-state index in [4.69, 9.17) is 17.0 Å². The standard InChI is InChI=1S/C28H45N3O3S/c1-6-29-26(35)31(17-8-18-34-7-2)25(33)22-11-10-20-19-9-12-23-28(4,16-14-24(32)30(23)5)21(19)13-15-27(20,22)3/h14,16,19-23H,6-13,15,17-18H2,1-5H3,(H,29,35)/t19-,20-,21-,22+,23+,27-,28+/m0/s1. The summed E-state index contributed by atoms with van der Waals surface area (Å²) in [6.45, 7) is 11.4. The molecule has 35 heavy (non-hydrogen) atoms. The van der Waals surface area contributed by atoms with Crippen molar-refractivity contribution in [3.05, 3.63) is 12.2 Å². The first kappa shape index (κ1) is 26.6. The van der Waals surface area contributed by atoms with Crippen LogP contribution in [0.15, 0.2) is 12.2 Å². The summed E-state index contributed by atoms with van der Waals surface area (Å²) >= 11 is 5.65. The Morgan fingerprint density at radius 2 is 1.97 bits per heavy atom. The largest absolute Gasteiger partial charge is 0.382 e. The number of carbonyl (C=O) groups is 2. The van der Waals surface area contributed by atoms with Crippen molar-refractivity contribution in [3.8, 4) is 0 Å². The number of nitrogens with zero attached hydrogens (tertiary/aromatic N) is 2. The SMILES string of the molecule is CCNC(=S)N(CCCOCC)C(=O)[C@H]1CC[C@H]2[C@@H]3CC[C@H]4N(C)C(=O)C=C[C@]4(C)[C@H]3CC[C@]12C. The molecule has 7 heteroatoms. The third kappa shape index (κ3) is 4.56. The van der Waals surface area contributed by atoms with Gasteiger partial charge < -0.3 is 15.0 Å². The maximum atomic E-state index is 14.0. The van der Waals surface area contributed by atoms with Crippen molar-refractivity contribution >= 4 is 29.1 Å². The first-order valence-corrected chi connectivity index (χ1v) is 14.2. The fourth-order valence-electron chi connectivity index (χ4n) is 8.36. The van der Waals surface area contributed by atoms with Gasteiger partial charge >= 0.3 is 0 Å². The Bertz CT molecular complexity index is 862. The Labute approximate surface area is 217 Å². The van der Waals surface area contributed by atoms with Crippen LogP contribution in [-0.4, -0.2) is 66.1 Å². The zero-order valence-electron chi connectivity index (χ0n) is 22.3. The summed E-state index contributed by atoms with van der Waals surface area (Å²) in [5, 5.41) is 3.78. The molecule has 0 radical (unpaired) electrons. The van der Waals surface area contributed by atoms with Crippen LogP contribution < -0.4 is 5.32 Å². The Balaban J connectivity index is 1.53. The van der Waals surface area contributed by atoms with E-state index in [9.17, 15) is 9.59 Å². The highest BCUT2D eigenvalue weighted by molar-refractivity contribution is 7.80. The Kier molecular flexibility index (Phi) is 7.97. The molecular weight excluding hydrogens is 458 g/mol. The Morgan fingerprint density at radius 3 is 2.69 bits per heavy atom. The summed E-state index contributed by atoms with van der Waals surface area (Å²) in [6, 6.07) is 0.294. The van der Waals surface area contributed by atoms with Gasteiger partial charge in [0, 0.05) is 50.7 Å². The molecule has 0 aromatic carbocycles. The van der Waals surface area contributed by atoms with Crippen molar-refractivity contribution < 1.29 is 14.3 Å². The Hall–Kier alpha value is -1.47. The number of fused-ring (bicyclic) bond motifs is 5. The lowest BCUT2D eigenvalue weighted by Gasteiger charge is -2.60. The third-order valence-corrected chi connectivity index (χ3v) is 10.5. The van der Waals surface area contributed by atoms with Crippen molar-refractivity contribution in [2.75, 3.05) is 33.4 Å². The molecule has 0 saturated heterocycles. The normalized spacial score (nSPS) is 37.9. The molecule has 0 aromatic rings. The molecule has 196 valence electrons. The van der Waals surface area contributed by atoms with Gasteiger partial charge in [0.05, 0.1) is 0 Å². The molecule has 6 nitrogen and oxygen atoms in total. The molecule has 4 aliphatic rings. The van der Waals surface area contributed by atoms with Crippen molar-refractivity contribution in [2.24, 2.45) is 34.5 Å². The number of hydrogen-bond donors (Lipinski definition) is 1. The van der Waals surface area contributed by atoms with Crippen LogP contribution in [0.4, 0.5) is 0 Å². The number of hydrogen-bond acceptors (Lipinski definition) is 4. The highest BCUT2D eigenvalue weighted by Crippen LogP contribution is 2.65. The van der Waals surface area contributed by atoms with Crippen LogP contribution in [0.2, 0.25) is 0 Å². The molecule has 7 atom stereocenters. The van der Waals surface area contributed by atoms with Gasteiger partial charge in [-0.25, -0.2) is 0 Å². The summed E-state index contributed by atoms with van der Waals surface area (Å²) in [6.07, 6.45) is 11.3. The molecule has 2 amide bonds. The number of rotatable bonds is 7. The molecule has 1 heterocycles.